The molecule has 0 bridgehead atoms. The van der Waals surface area contributed by atoms with Gasteiger partial charge in [0.15, 0.2) is 0 Å². The first-order valence-electron chi connectivity index (χ1n) is 5.87. The molecule has 2 fully saturated rings. The van der Waals surface area contributed by atoms with E-state index in [1.165, 1.54) is 24.2 Å². The van der Waals surface area contributed by atoms with Crippen molar-refractivity contribution in [1.82, 2.24) is 15.0 Å². The first-order valence-corrected chi connectivity index (χ1v) is 7.39. The van der Waals surface area contributed by atoms with Crippen LogP contribution in [0.1, 0.15) is 29.8 Å². The first-order chi connectivity index (χ1) is 8.24. The molecule has 0 aromatic carbocycles. The van der Waals surface area contributed by atoms with Crippen molar-refractivity contribution in [2.75, 3.05) is 13.1 Å². The Kier molecular flexibility index (Phi) is 2.93. The fourth-order valence-corrected chi connectivity index (χ4v) is 3.52. The van der Waals surface area contributed by atoms with Crippen LogP contribution >= 0.6 is 20.7 Å². The Morgan fingerprint density at radius 3 is 3.12 bits per heavy atom. The van der Waals surface area contributed by atoms with Crippen LogP contribution in [0.4, 0.5) is 0 Å². The second kappa shape index (κ2) is 4.30. The van der Waals surface area contributed by atoms with E-state index in [1.807, 2.05) is 10.3 Å². The normalized spacial score (nSPS) is 25.5. The molecule has 1 aromatic rings. The highest BCUT2D eigenvalue weighted by molar-refractivity contribution is 7.13. The molecule has 92 valence electrons. The van der Waals surface area contributed by atoms with Crippen molar-refractivity contribution >= 4 is 26.6 Å². The van der Waals surface area contributed by atoms with Gasteiger partial charge in [-0.2, -0.15) is 0 Å². The number of thiazole rings is 1. The molecule has 1 aliphatic carbocycles. The van der Waals surface area contributed by atoms with Gasteiger partial charge >= 0.3 is 0 Å². The summed E-state index contributed by atoms with van der Waals surface area (Å²) < 4.78 is 0. The Bertz CT molecular complexity index is 418. The second-order valence-corrected chi connectivity index (χ2v) is 6.20. The molecule has 1 spiro atoms. The maximum absolute atomic E-state index is 12.3. The molecule has 6 heteroatoms. The Morgan fingerprint density at radius 2 is 2.53 bits per heavy atom. The predicted octanol–water partition coefficient (Wildman–Crippen LogP) is 1.52. The molecule has 3 rings (SSSR count). The summed E-state index contributed by atoms with van der Waals surface area (Å²) in [5.41, 5.74) is 2.76. The Hall–Kier alpha value is -0.510. The number of likely N-dealkylation sites (tertiary alicyclic amines) is 1. The van der Waals surface area contributed by atoms with Gasteiger partial charge in [0.1, 0.15) is 5.69 Å². The number of hydrogen-bond acceptors (Lipinski definition) is 4. The number of nitrogens with zero attached hydrogens (tertiary/aromatic N) is 2. The molecule has 2 aliphatic rings. The fraction of sp³-hybridized carbons (Fsp3) is 0.636. The van der Waals surface area contributed by atoms with Crippen LogP contribution < -0.4 is 5.09 Å². The molecule has 1 aliphatic heterocycles. The van der Waals surface area contributed by atoms with Crippen molar-refractivity contribution in [3.8, 4) is 0 Å². The van der Waals surface area contributed by atoms with E-state index in [9.17, 15) is 4.79 Å². The zero-order valence-electron chi connectivity index (χ0n) is 9.56. The van der Waals surface area contributed by atoms with Crippen LogP contribution in [0.25, 0.3) is 0 Å². The smallest absolute Gasteiger partial charge is 0.273 e. The zero-order chi connectivity index (χ0) is 11.9. The summed E-state index contributed by atoms with van der Waals surface area (Å²) in [4.78, 5) is 18.5. The van der Waals surface area contributed by atoms with Crippen LogP contribution in [0.15, 0.2) is 10.9 Å². The van der Waals surface area contributed by atoms with E-state index in [0.717, 1.165) is 19.5 Å². The lowest BCUT2D eigenvalue weighted by Gasteiger charge is -2.23. The van der Waals surface area contributed by atoms with E-state index in [1.54, 1.807) is 5.51 Å². The van der Waals surface area contributed by atoms with Gasteiger partial charge < -0.3 is 4.90 Å². The third kappa shape index (κ3) is 2.12. The van der Waals surface area contributed by atoms with Gasteiger partial charge in [-0.05, 0) is 24.7 Å². The minimum atomic E-state index is 0.0975. The zero-order valence-corrected chi connectivity index (χ0v) is 11.5. The highest BCUT2D eigenvalue weighted by Gasteiger charge is 2.53. The average molecular weight is 269 g/mol. The summed E-state index contributed by atoms with van der Waals surface area (Å²) >= 11 is 1.48. The molecule has 1 N–H and O–H groups in total. The summed E-state index contributed by atoms with van der Waals surface area (Å²) in [6, 6.07) is 0.323. The van der Waals surface area contributed by atoms with E-state index in [0.29, 0.717) is 17.2 Å². The lowest BCUT2D eigenvalue weighted by atomic mass is 10.0. The van der Waals surface area contributed by atoms with Crippen LogP contribution in [-0.2, 0) is 0 Å². The largest absolute Gasteiger partial charge is 0.332 e. The topological polar surface area (TPSA) is 45.2 Å². The van der Waals surface area contributed by atoms with E-state index in [2.05, 4.69) is 19.5 Å². The summed E-state index contributed by atoms with van der Waals surface area (Å²) in [5.74, 6) is 0.0975. The number of hydrogen-bond donors (Lipinski definition) is 1. The van der Waals surface area contributed by atoms with Crippen molar-refractivity contribution in [2.24, 2.45) is 5.41 Å². The minimum absolute atomic E-state index is 0.0975. The highest BCUT2D eigenvalue weighted by Crippen LogP contribution is 2.54. The summed E-state index contributed by atoms with van der Waals surface area (Å²) in [5, 5.41) is 4.95. The van der Waals surface area contributed by atoms with Crippen LogP contribution in [0, 0.1) is 5.41 Å². The van der Waals surface area contributed by atoms with Gasteiger partial charge in [0, 0.05) is 24.5 Å². The number of nitrogens with one attached hydrogen (secondary N) is 1. The summed E-state index contributed by atoms with van der Waals surface area (Å²) in [6.07, 6.45) is 3.70. The Balaban J connectivity index is 1.78. The van der Waals surface area contributed by atoms with Gasteiger partial charge in [0.05, 0.1) is 5.51 Å². The molecule has 2 unspecified atom stereocenters. The summed E-state index contributed by atoms with van der Waals surface area (Å²) in [6.45, 7) is 1.77. The van der Waals surface area contributed by atoms with Gasteiger partial charge in [0.25, 0.3) is 5.91 Å². The number of amides is 1. The molecule has 0 radical (unpaired) electrons. The van der Waals surface area contributed by atoms with E-state index in [-0.39, 0.29) is 5.91 Å². The van der Waals surface area contributed by atoms with Crippen LogP contribution in [0.2, 0.25) is 0 Å². The lowest BCUT2D eigenvalue weighted by Crippen LogP contribution is -2.40. The molecule has 2 heterocycles. The lowest BCUT2D eigenvalue weighted by molar-refractivity contribution is 0.0728. The number of aromatic nitrogens is 1. The average Bonchev–Trinajstić information content (AvgIpc) is 2.79. The molecule has 1 saturated carbocycles. The quantitative estimate of drug-likeness (QED) is 0.846. The molecule has 4 nitrogen and oxygen atoms in total. The molecule has 2 atom stereocenters. The monoisotopic (exact) mass is 269 g/mol. The van der Waals surface area contributed by atoms with Crippen molar-refractivity contribution in [3.05, 3.63) is 16.6 Å². The van der Waals surface area contributed by atoms with Crippen LogP contribution in [-0.4, -0.2) is 34.9 Å². The maximum Gasteiger partial charge on any atom is 0.273 e. The van der Waals surface area contributed by atoms with Crippen molar-refractivity contribution in [3.63, 3.8) is 0 Å². The van der Waals surface area contributed by atoms with Crippen molar-refractivity contribution in [2.45, 2.75) is 25.3 Å². The highest BCUT2D eigenvalue weighted by atomic mass is 32.1. The molecule has 1 amide bonds. The Labute approximate surface area is 107 Å². The van der Waals surface area contributed by atoms with Gasteiger partial charge in [-0.15, -0.1) is 11.3 Å². The maximum atomic E-state index is 12.3. The third-order valence-corrected chi connectivity index (χ3v) is 4.66. The SMILES string of the molecule is O=C(c1cscn1)N1CC2(CC2)CC1CNP. The number of rotatable bonds is 3. The van der Waals surface area contributed by atoms with Crippen LogP contribution in [0.3, 0.4) is 0 Å². The number of carbonyl (C=O) groups is 1. The van der Waals surface area contributed by atoms with E-state index < -0.39 is 0 Å². The first kappa shape index (κ1) is 11.6. The molecule has 1 aromatic heterocycles. The number of carbonyl (C=O) groups excluding carboxylic acids is 1. The summed E-state index contributed by atoms with van der Waals surface area (Å²) in [7, 11) is 2.52. The minimum Gasteiger partial charge on any atom is -0.332 e. The Morgan fingerprint density at radius 1 is 1.71 bits per heavy atom. The van der Waals surface area contributed by atoms with Gasteiger partial charge in [-0.1, -0.05) is 9.39 Å². The van der Waals surface area contributed by atoms with Gasteiger partial charge in [-0.3, -0.25) is 9.88 Å². The fourth-order valence-electron chi connectivity index (χ4n) is 2.73. The second-order valence-electron chi connectivity index (χ2n) is 5.07. The van der Waals surface area contributed by atoms with E-state index >= 15 is 0 Å². The van der Waals surface area contributed by atoms with Gasteiger partial charge in [-0.25, -0.2) is 4.98 Å². The van der Waals surface area contributed by atoms with Crippen molar-refractivity contribution < 1.29 is 4.79 Å². The van der Waals surface area contributed by atoms with Gasteiger partial charge in [0.2, 0.25) is 0 Å². The third-order valence-electron chi connectivity index (χ3n) is 3.84. The van der Waals surface area contributed by atoms with Crippen LogP contribution in [0.5, 0.6) is 0 Å². The van der Waals surface area contributed by atoms with E-state index in [4.69, 9.17) is 0 Å². The molecule has 1 saturated heterocycles. The molecule has 17 heavy (non-hydrogen) atoms. The standard InChI is InChI=1S/C11H16N3OPS/c15-10(9-5-17-7-12-9)14-6-11(1-2-11)3-8(14)4-13-16/h5,7-8,13H,1-4,6,16H2. The molecular weight excluding hydrogens is 253 g/mol. The van der Waals surface area contributed by atoms with Crippen molar-refractivity contribution in [1.29, 1.82) is 0 Å². The predicted molar refractivity (Wildman–Crippen MR) is 70.9 cm³/mol. The molecular formula is C11H16N3OPS.